The van der Waals surface area contributed by atoms with Crippen LogP contribution in [0.3, 0.4) is 0 Å². The second-order valence-corrected chi connectivity index (χ2v) is 7.39. The third-order valence-electron chi connectivity index (χ3n) is 4.04. The van der Waals surface area contributed by atoms with E-state index in [4.69, 9.17) is 5.73 Å². The van der Waals surface area contributed by atoms with Gasteiger partial charge in [-0.15, -0.1) is 0 Å². The molecule has 0 radical (unpaired) electrons. The van der Waals surface area contributed by atoms with E-state index in [1.165, 1.54) is 6.20 Å². The van der Waals surface area contributed by atoms with Crippen molar-refractivity contribution in [1.29, 1.82) is 0 Å². The quantitative estimate of drug-likeness (QED) is 0.672. The van der Waals surface area contributed by atoms with Crippen molar-refractivity contribution in [2.75, 3.05) is 10.6 Å². The molecule has 7 heteroatoms. The van der Waals surface area contributed by atoms with Gasteiger partial charge in [0.05, 0.1) is 11.7 Å². The Morgan fingerprint density at radius 2 is 2.09 bits per heavy atom. The zero-order valence-corrected chi connectivity index (χ0v) is 14.3. The van der Waals surface area contributed by atoms with Gasteiger partial charge in [-0.1, -0.05) is 6.92 Å². The van der Waals surface area contributed by atoms with Gasteiger partial charge in [0.15, 0.2) is 0 Å². The first-order valence-electron chi connectivity index (χ1n) is 8.05. The first-order chi connectivity index (χ1) is 10.7. The number of carbonyl (C=O) groups is 1. The van der Waals surface area contributed by atoms with Crippen LogP contribution < -0.4 is 16.4 Å². The minimum Gasteiger partial charge on any atom is -0.393 e. The number of rotatable bonds is 4. The van der Waals surface area contributed by atoms with Crippen molar-refractivity contribution in [3.8, 4) is 0 Å². The number of amides is 1. The van der Waals surface area contributed by atoms with E-state index in [2.05, 4.69) is 20.6 Å². The van der Waals surface area contributed by atoms with E-state index in [1.54, 1.807) is 0 Å². The fourth-order valence-electron chi connectivity index (χ4n) is 2.69. The summed E-state index contributed by atoms with van der Waals surface area (Å²) in [6.45, 7) is 8.06. The Bertz CT molecular complexity index is 570. The summed E-state index contributed by atoms with van der Waals surface area (Å²) in [4.78, 5) is 20.2. The van der Waals surface area contributed by atoms with Gasteiger partial charge in [-0.3, -0.25) is 4.79 Å². The van der Waals surface area contributed by atoms with Gasteiger partial charge in [0.1, 0.15) is 5.82 Å². The molecule has 1 aliphatic carbocycles. The van der Waals surface area contributed by atoms with E-state index in [0.717, 1.165) is 12.8 Å². The minimum atomic E-state index is -0.570. The average Bonchev–Trinajstić information content (AvgIpc) is 2.41. The average molecular weight is 321 g/mol. The summed E-state index contributed by atoms with van der Waals surface area (Å²) < 4.78 is 0. The van der Waals surface area contributed by atoms with E-state index >= 15 is 0 Å². The second-order valence-electron chi connectivity index (χ2n) is 7.39. The molecule has 0 bridgehead atoms. The standard InChI is InChI=1S/C16H27N5O2/c1-9-5-6-10(7-12(9)22)19-14-11(13(17)23)8-18-15(20-14)21-16(2,3)4/h8-10,12,22H,5-7H2,1-4H3,(H2,17,23)(H2,18,19,20,21)/t9-,10?,12-/m1/s1. The predicted molar refractivity (Wildman–Crippen MR) is 90.4 cm³/mol. The van der Waals surface area contributed by atoms with Gasteiger partial charge in [0.25, 0.3) is 5.91 Å². The molecule has 7 nitrogen and oxygen atoms in total. The summed E-state index contributed by atoms with van der Waals surface area (Å²) in [5.41, 5.74) is 5.49. The highest BCUT2D eigenvalue weighted by Crippen LogP contribution is 2.27. The first-order valence-corrected chi connectivity index (χ1v) is 8.05. The maximum Gasteiger partial charge on any atom is 0.254 e. The Hall–Kier alpha value is -1.89. The molecule has 0 aliphatic heterocycles. The lowest BCUT2D eigenvalue weighted by Gasteiger charge is -2.32. The third kappa shape index (κ3) is 4.79. The Balaban J connectivity index is 2.20. The number of anilines is 2. The molecule has 1 saturated carbocycles. The maximum atomic E-state index is 11.6. The Kier molecular flexibility index (Phi) is 5.09. The normalized spacial score (nSPS) is 25.0. The molecular formula is C16H27N5O2. The van der Waals surface area contributed by atoms with Gasteiger partial charge < -0.3 is 21.5 Å². The largest absolute Gasteiger partial charge is 0.393 e. The van der Waals surface area contributed by atoms with Crippen molar-refractivity contribution in [3.05, 3.63) is 11.8 Å². The summed E-state index contributed by atoms with van der Waals surface area (Å²) >= 11 is 0. The number of hydrogen-bond acceptors (Lipinski definition) is 6. The van der Waals surface area contributed by atoms with Crippen molar-refractivity contribution in [2.24, 2.45) is 11.7 Å². The van der Waals surface area contributed by atoms with Crippen LogP contribution in [0.2, 0.25) is 0 Å². The number of nitrogens with one attached hydrogen (secondary N) is 2. The number of nitrogens with zero attached hydrogens (tertiary/aromatic N) is 2. The lowest BCUT2D eigenvalue weighted by atomic mass is 9.85. The van der Waals surface area contributed by atoms with E-state index in [1.807, 2.05) is 27.7 Å². The lowest BCUT2D eigenvalue weighted by molar-refractivity contribution is 0.0739. The van der Waals surface area contributed by atoms with Crippen LogP contribution in [0.1, 0.15) is 57.3 Å². The minimum absolute atomic E-state index is 0.0664. The van der Waals surface area contributed by atoms with Crippen molar-refractivity contribution in [3.63, 3.8) is 0 Å². The lowest BCUT2D eigenvalue weighted by Crippen LogP contribution is -2.36. The summed E-state index contributed by atoms with van der Waals surface area (Å²) in [5.74, 6) is 0.590. The maximum absolute atomic E-state index is 11.6. The van der Waals surface area contributed by atoms with Gasteiger partial charge in [0.2, 0.25) is 5.95 Å². The van der Waals surface area contributed by atoms with Gasteiger partial charge in [-0.2, -0.15) is 4.98 Å². The SMILES string of the molecule is C[C@@H]1CCC(Nc2nc(NC(C)(C)C)ncc2C(N)=O)C[C@H]1O. The number of aliphatic hydroxyl groups excluding tert-OH is 1. The van der Waals surface area contributed by atoms with E-state index < -0.39 is 5.91 Å². The van der Waals surface area contributed by atoms with Crippen LogP contribution in [0.25, 0.3) is 0 Å². The molecular weight excluding hydrogens is 294 g/mol. The topological polar surface area (TPSA) is 113 Å². The molecule has 1 unspecified atom stereocenters. The predicted octanol–water partition coefficient (Wildman–Crippen LogP) is 1.75. The summed E-state index contributed by atoms with van der Waals surface area (Å²) in [6.07, 6.45) is 3.58. The molecule has 1 aromatic heterocycles. The van der Waals surface area contributed by atoms with Crippen LogP contribution in [0.15, 0.2) is 6.20 Å². The third-order valence-corrected chi connectivity index (χ3v) is 4.04. The molecule has 23 heavy (non-hydrogen) atoms. The van der Waals surface area contributed by atoms with Crippen LogP contribution in [0, 0.1) is 5.92 Å². The van der Waals surface area contributed by atoms with E-state index in [-0.39, 0.29) is 23.2 Å². The van der Waals surface area contributed by atoms with Crippen LogP contribution in [-0.4, -0.2) is 38.7 Å². The fraction of sp³-hybridized carbons (Fsp3) is 0.688. The van der Waals surface area contributed by atoms with Gasteiger partial charge in [-0.25, -0.2) is 4.98 Å². The van der Waals surface area contributed by atoms with Gasteiger partial charge in [0, 0.05) is 17.8 Å². The molecule has 2 rings (SSSR count). The number of aliphatic hydroxyl groups is 1. The molecule has 128 valence electrons. The van der Waals surface area contributed by atoms with E-state index in [0.29, 0.717) is 24.1 Å². The summed E-state index contributed by atoms with van der Waals surface area (Å²) in [5, 5.41) is 16.5. The number of carbonyl (C=O) groups excluding carboxylic acids is 1. The molecule has 3 atom stereocenters. The highest BCUT2D eigenvalue weighted by Gasteiger charge is 2.27. The first kappa shape index (κ1) is 17.5. The van der Waals surface area contributed by atoms with Crippen molar-refractivity contribution < 1.29 is 9.90 Å². The smallest absolute Gasteiger partial charge is 0.254 e. The second kappa shape index (κ2) is 6.70. The molecule has 0 saturated heterocycles. The van der Waals surface area contributed by atoms with Gasteiger partial charge in [-0.05, 0) is 46.0 Å². The van der Waals surface area contributed by atoms with Crippen LogP contribution in [0.5, 0.6) is 0 Å². The van der Waals surface area contributed by atoms with Crippen molar-refractivity contribution in [2.45, 2.75) is 64.6 Å². The molecule has 0 spiro atoms. The van der Waals surface area contributed by atoms with Crippen molar-refractivity contribution >= 4 is 17.7 Å². The number of nitrogens with two attached hydrogens (primary N) is 1. The van der Waals surface area contributed by atoms with Crippen LogP contribution >= 0.6 is 0 Å². The zero-order valence-electron chi connectivity index (χ0n) is 14.3. The molecule has 5 N–H and O–H groups in total. The molecule has 1 heterocycles. The molecule has 1 fully saturated rings. The van der Waals surface area contributed by atoms with Gasteiger partial charge >= 0.3 is 0 Å². The Labute approximate surface area is 137 Å². The molecule has 0 aromatic carbocycles. The number of hydrogen-bond donors (Lipinski definition) is 4. The summed E-state index contributed by atoms with van der Waals surface area (Å²) in [7, 11) is 0. The Morgan fingerprint density at radius 1 is 1.39 bits per heavy atom. The molecule has 1 amide bonds. The Morgan fingerprint density at radius 3 is 2.65 bits per heavy atom. The highest BCUT2D eigenvalue weighted by molar-refractivity contribution is 5.97. The van der Waals surface area contributed by atoms with Crippen LogP contribution in [-0.2, 0) is 0 Å². The molecule has 1 aliphatic rings. The monoisotopic (exact) mass is 321 g/mol. The van der Waals surface area contributed by atoms with Crippen LogP contribution in [0.4, 0.5) is 11.8 Å². The zero-order chi connectivity index (χ0) is 17.2. The number of primary amides is 1. The van der Waals surface area contributed by atoms with Crippen molar-refractivity contribution in [1.82, 2.24) is 9.97 Å². The molecule has 1 aromatic rings. The van der Waals surface area contributed by atoms with E-state index in [9.17, 15) is 9.90 Å². The highest BCUT2D eigenvalue weighted by atomic mass is 16.3. The fourth-order valence-corrected chi connectivity index (χ4v) is 2.69. The summed E-state index contributed by atoms with van der Waals surface area (Å²) in [6, 6.07) is 0.0664. The number of aromatic nitrogens is 2.